The summed E-state index contributed by atoms with van der Waals surface area (Å²) in [6.07, 6.45) is 3.90. The molecular weight excluding hydrogens is 272 g/mol. The van der Waals surface area contributed by atoms with Gasteiger partial charge in [-0.25, -0.2) is 9.97 Å². The van der Waals surface area contributed by atoms with Crippen molar-refractivity contribution >= 4 is 17.7 Å². The van der Waals surface area contributed by atoms with E-state index in [0.717, 1.165) is 27.6 Å². The molecule has 0 bridgehead atoms. The highest BCUT2D eigenvalue weighted by atomic mass is 32.2. The summed E-state index contributed by atoms with van der Waals surface area (Å²) in [6.45, 7) is 1.96. The Morgan fingerprint density at radius 2 is 1.85 bits per heavy atom. The van der Waals surface area contributed by atoms with E-state index in [1.807, 2.05) is 31.2 Å². The largest absolute Gasteiger partial charge is 0.469 e. The van der Waals surface area contributed by atoms with Crippen LogP contribution < -0.4 is 0 Å². The third kappa shape index (κ3) is 4.06. The molecule has 1 aromatic heterocycles. The Morgan fingerprint density at radius 3 is 2.50 bits per heavy atom. The van der Waals surface area contributed by atoms with Gasteiger partial charge >= 0.3 is 5.97 Å². The molecule has 0 aliphatic heterocycles. The maximum Gasteiger partial charge on any atom is 0.309 e. The van der Waals surface area contributed by atoms with Gasteiger partial charge in [0.15, 0.2) is 5.16 Å². The lowest BCUT2D eigenvalue weighted by atomic mass is 10.1. The lowest BCUT2D eigenvalue weighted by Gasteiger charge is -2.07. The number of ether oxygens (including phenoxy) is 1. The van der Waals surface area contributed by atoms with Crippen LogP contribution in [0.4, 0.5) is 0 Å². The van der Waals surface area contributed by atoms with Crippen LogP contribution in [0.15, 0.2) is 41.8 Å². The number of rotatable bonds is 5. The van der Waals surface area contributed by atoms with Gasteiger partial charge in [-0.2, -0.15) is 0 Å². The van der Waals surface area contributed by atoms with Gasteiger partial charge in [0.2, 0.25) is 0 Å². The Labute approximate surface area is 122 Å². The fourth-order valence-corrected chi connectivity index (χ4v) is 2.52. The zero-order valence-electron chi connectivity index (χ0n) is 11.5. The number of hydrogen-bond acceptors (Lipinski definition) is 5. The van der Waals surface area contributed by atoms with Crippen LogP contribution in [-0.4, -0.2) is 23.0 Å². The summed E-state index contributed by atoms with van der Waals surface area (Å²) in [6, 6.07) is 7.85. The molecule has 1 heterocycles. The van der Waals surface area contributed by atoms with Gasteiger partial charge in [0.05, 0.1) is 13.5 Å². The second-order valence-corrected chi connectivity index (χ2v) is 5.30. The van der Waals surface area contributed by atoms with Gasteiger partial charge in [0.25, 0.3) is 0 Å². The van der Waals surface area contributed by atoms with E-state index in [1.54, 1.807) is 24.2 Å². The van der Waals surface area contributed by atoms with Crippen LogP contribution in [0.2, 0.25) is 0 Å². The average Bonchev–Trinajstić information content (AvgIpc) is 2.48. The van der Waals surface area contributed by atoms with E-state index in [4.69, 9.17) is 4.74 Å². The number of hydrogen-bond donors (Lipinski definition) is 0. The molecule has 0 fully saturated rings. The van der Waals surface area contributed by atoms with Crippen molar-refractivity contribution < 1.29 is 9.53 Å². The number of carbonyl (C=O) groups excluding carboxylic acids is 1. The Hall–Kier alpha value is -1.88. The first-order valence-corrected chi connectivity index (χ1v) is 7.22. The highest BCUT2D eigenvalue weighted by Crippen LogP contribution is 2.21. The van der Waals surface area contributed by atoms with Crippen molar-refractivity contribution in [3.05, 3.63) is 53.3 Å². The molecule has 0 radical (unpaired) electrons. The fourth-order valence-electron chi connectivity index (χ4n) is 1.70. The third-order valence-electron chi connectivity index (χ3n) is 2.79. The van der Waals surface area contributed by atoms with Crippen LogP contribution in [0, 0.1) is 6.92 Å². The van der Waals surface area contributed by atoms with Crippen molar-refractivity contribution in [1.82, 2.24) is 9.97 Å². The second-order valence-electron chi connectivity index (χ2n) is 4.35. The van der Waals surface area contributed by atoms with Crippen LogP contribution in [0.25, 0.3) is 0 Å². The predicted molar refractivity (Wildman–Crippen MR) is 78.5 cm³/mol. The monoisotopic (exact) mass is 288 g/mol. The SMILES string of the molecule is COC(=O)Cc1ccccc1CSc1ncc(C)cn1. The molecule has 2 aromatic rings. The topological polar surface area (TPSA) is 52.1 Å². The summed E-state index contributed by atoms with van der Waals surface area (Å²) in [5.74, 6) is 0.505. The smallest absolute Gasteiger partial charge is 0.309 e. The Balaban J connectivity index is 2.05. The number of methoxy groups -OCH3 is 1. The highest BCUT2D eigenvalue weighted by molar-refractivity contribution is 7.98. The molecule has 0 spiro atoms. The summed E-state index contributed by atoms with van der Waals surface area (Å²) in [4.78, 5) is 19.9. The Kier molecular flexibility index (Phi) is 5.12. The van der Waals surface area contributed by atoms with E-state index in [2.05, 4.69) is 9.97 Å². The molecule has 0 amide bonds. The second kappa shape index (κ2) is 7.05. The quantitative estimate of drug-likeness (QED) is 0.481. The van der Waals surface area contributed by atoms with Crippen molar-refractivity contribution in [2.24, 2.45) is 0 Å². The molecule has 104 valence electrons. The van der Waals surface area contributed by atoms with E-state index in [1.165, 1.54) is 7.11 Å². The van der Waals surface area contributed by atoms with Crippen LogP contribution in [-0.2, 0) is 21.7 Å². The normalized spacial score (nSPS) is 10.3. The van der Waals surface area contributed by atoms with Gasteiger partial charge in [0.1, 0.15) is 0 Å². The number of esters is 1. The molecule has 5 heteroatoms. The molecule has 20 heavy (non-hydrogen) atoms. The lowest BCUT2D eigenvalue weighted by molar-refractivity contribution is -0.139. The number of nitrogens with zero attached hydrogens (tertiary/aromatic N) is 2. The van der Waals surface area contributed by atoms with Gasteiger partial charge < -0.3 is 4.74 Å². The standard InChI is InChI=1S/C15H16N2O2S/c1-11-8-16-15(17-9-11)20-10-13-6-4-3-5-12(13)7-14(18)19-2/h3-6,8-9H,7,10H2,1-2H3. The van der Waals surface area contributed by atoms with Crippen LogP contribution in [0.5, 0.6) is 0 Å². The third-order valence-corrected chi connectivity index (χ3v) is 3.72. The van der Waals surface area contributed by atoms with E-state index in [9.17, 15) is 4.79 Å². The van der Waals surface area contributed by atoms with Crippen molar-refractivity contribution in [3.63, 3.8) is 0 Å². The van der Waals surface area contributed by atoms with Crippen LogP contribution in [0.3, 0.4) is 0 Å². The van der Waals surface area contributed by atoms with E-state index in [-0.39, 0.29) is 5.97 Å². The molecule has 0 saturated heterocycles. The summed E-state index contributed by atoms with van der Waals surface area (Å²) in [7, 11) is 1.40. The fraction of sp³-hybridized carbons (Fsp3) is 0.267. The van der Waals surface area contributed by atoms with E-state index < -0.39 is 0 Å². The molecule has 1 aromatic carbocycles. The number of aromatic nitrogens is 2. The predicted octanol–water partition coefficient (Wildman–Crippen LogP) is 2.79. The lowest BCUT2D eigenvalue weighted by Crippen LogP contribution is -2.06. The zero-order valence-corrected chi connectivity index (χ0v) is 12.3. The molecular formula is C15H16N2O2S. The maximum atomic E-state index is 11.4. The number of carbonyl (C=O) groups is 1. The average molecular weight is 288 g/mol. The van der Waals surface area contributed by atoms with Crippen LogP contribution >= 0.6 is 11.8 Å². The molecule has 4 nitrogen and oxygen atoms in total. The summed E-state index contributed by atoms with van der Waals surface area (Å²) in [5.41, 5.74) is 3.13. The minimum atomic E-state index is -0.228. The molecule has 2 rings (SSSR count). The molecule has 0 saturated carbocycles. The molecule has 0 aliphatic rings. The van der Waals surface area contributed by atoms with Crippen LogP contribution in [0.1, 0.15) is 16.7 Å². The van der Waals surface area contributed by atoms with Crippen molar-refractivity contribution in [2.45, 2.75) is 24.3 Å². The molecule has 0 N–H and O–H groups in total. The zero-order chi connectivity index (χ0) is 14.4. The van der Waals surface area contributed by atoms with Crippen molar-refractivity contribution in [3.8, 4) is 0 Å². The summed E-state index contributed by atoms with van der Waals surface area (Å²) in [5, 5.41) is 0.739. The van der Waals surface area contributed by atoms with Crippen molar-refractivity contribution in [1.29, 1.82) is 0 Å². The van der Waals surface area contributed by atoms with Gasteiger partial charge in [-0.1, -0.05) is 36.0 Å². The first-order chi connectivity index (χ1) is 9.69. The number of benzene rings is 1. The van der Waals surface area contributed by atoms with E-state index in [0.29, 0.717) is 6.42 Å². The highest BCUT2D eigenvalue weighted by Gasteiger charge is 2.08. The molecule has 0 aliphatic carbocycles. The van der Waals surface area contributed by atoms with Crippen molar-refractivity contribution in [2.75, 3.05) is 7.11 Å². The van der Waals surface area contributed by atoms with Gasteiger partial charge in [-0.15, -0.1) is 0 Å². The first-order valence-electron chi connectivity index (χ1n) is 6.24. The van der Waals surface area contributed by atoms with Gasteiger partial charge in [-0.05, 0) is 23.6 Å². The Morgan fingerprint density at radius 1 is 1.20 bits per heavy atom. The molecule has 0 atom stereocenters. The first kappa shape index (κ1) is 14.5. The minimum Gasteiger partial charge on any atom is -0.469 e. The van der Waals surface area contributed by atoms with E-state index >= 15 is 0 Å². The maximum absolute atomic E-state index is 11.4. The number of thioether (sulfide) groups is 1. The molecule has 0 unspecified atom stereocenters. The van der Waals surface area contributed by atoms with Gasteiger partial charge in [-0.3, -0.25) is 4.79 Å². The Bertz CT molecular complexity index is 585. The minimum absolute atomic E-state index is 0.228. The summed E-state index contributed by atoms with van der Waals surface area (Å²) < 4.78 is 4.71. The number of aryl methyl sites for hydroxylation is 1. The van der Waals surface area contributed by atoms with Gasteiger partial charge in [0, 0.05) is 18.1 Å². The summed E-state index contributed by atoms with van der Waals surface area (Å²) >= 11 is 1.56.